The molecule has 64 valence electrons. The zero-order valence-corrected chi connectivity index (χ0v) is 7.79. The fraction of sp³-hybridized carbons (Fsp3) is 0.833. The Morgan fingerprint density at radius 2 is 1.91 bits per heavy atom. The van der Waals surface area contributed by atoms with E-state index < -0.39 is 5.97 Å². The summed E-state index contributed by atoms with van der Waals surface area (Å²) in [5, 5.41) is 8.50. The molecule has 5 heteroatoms. The fourth-order valence-corrected chi connectivity index (χ4v) is 3.02. The molecular formula is C6H11NO2S2. The molecule has 0 aromatic carbocycles. The maximum Gasteiger partial charge on any atom is 0.317 e. The Balaban J connectivity index is 2.25. The van der Waals surface area contributed by atoms with Crippen LogP contribution < -0.4 is 0 Å². The molecule has 0 aromatic heterocycles. The summed E-state index contributed by atoms with van der Waals surface area (Å²) in [5.41, 5.74) is 0. The average molecular weight is 193 g/mol. The first-order chi connectivity index (χ1) is 5.29. The minimum Gasteiger partial charge on any atom is -0.480 e. The number of nitrogens with zero attached hydrogens (tertiary/aromatic N) is 1. The van der Waals surface area contributed by atoms with Crippen LogP contribution in [0, 0.1) is 0 Å². The lowest BCUT2D eigenvalue weighted by molar-refractivity contribution is -0.137. The lowest BCUT2D eigenvalue weighted by Crippen LogP contribution is -2.28. The maximum absolute atomic E-state index is 10.3. The third-order valence-corrected chi connectivity index (χ3v) is 3.62. The van der Waals surface area contributed by atoms with Gasteiger partial charge in [0.1, 0.15) is 0 Å². The van der Waals surface area contributed by atoms with E-state index >= 15 is 0 Å². The highest BCUT2D eigenvalue weighted by atomic mass is 32.2. The minimum absolute atomic E-state index is 0.181. The molecule has 0 atom stereocenters. The Labute approximate surface area is 74.5 Å². The first kappa shape index (κ1) is 9.22. The molecule has 0 aliphatic carbocycles. The van der Waals surface area contributed by atoms with Gasteiger partial charge < -0.3 is 5.11 Å². The third-order valence-electron chi connectivity index (χ3n) is 1.28. The first-order valence-electron chi connectivity index (χ1n) is 3.38. The molecule has 0 amide bonds. The van der Waals surface area contributed by atoms with Crippen LogP contribution >= 0.6 is 23.5 Å². The summed E-state index contributed by atoms with van der Waals surface area (Å²) in [6, 6.07) is 0. The van der Waals surface area contributed by atoms with E-state index in [-0.39, 0.29) is 6.54 Å². The van der Waals surface area contributed by atoms with Gasteiger partial charge in [-0.3, -0.25) is 9.69 Å². The van der Waals surface area contributed by atoms with E-state index in [9.17, 15) is 4.79 Å². The Kier molecular flexibility index (Phi) is 4.11. The van der Waals surface area contributed by atoms with Gasteiger partial charge in [0.15, 0.2) is 0 Å². The molecule has 1 heterocycles. The van der Waals surface area contributed by atoms with E-state index in [0.29, 0.717) is 0 Å². The standard InChI is InChI=1S/C6H11NO2S2/c8-6(9)3-7-4-10-1-2-11-5-7/h1-5H2,(H,8,9). The topological polar surface area (TPSA) is 40.5 Å². The molecule has 1 saturated heterocycles. The van der Waals surface area contributed by atoms with E-state index in [0.717, 1.165) is 23.3 Å². The van der Waals surface area contributed by atoms with E-state index in [2.05, 4.69) is 0 Å². The number of thioether (sulfide) groups is 2. The molecule has 1 aliphatic rings. The molecule has 3 nitrogen and oxygen atoms in total. The lowest BCUT2D eigenvalue weighted by Gasteiger charge is -2.14. The van der Waals surface area contributed by atoms with Crippen LogP contribution in [0.2, 0.25) is 0 Å². The van der Waals surface area contributed by atoms with E-state index in [1.54, 1.807) is 0 Å². The van der Waals surface area contributed by atoms with Crippen LogP contribution in [-0.4, -0.2) is 45.8 Å². The fourth-order valence-electron chi connectivity index (χ4n) is 0.825. The first-order valence-corrected chi connectivity index (χ1v) is 5.69. The maximum atomic E-state index is 10.3. The van der Waals surface area contributed by atoms with Crippen molar-refractivity contribution < 1.29 is 9.90 Å². The van der Waals surface area contributed by atoms with Gasteiger partial charge in [0.2, 0.25) is 0 Å². The van der Waals surface area contributed by atoms with Crippen LogP contribution in [0.15, 0.2) is 0 Å². The zero-order valence-electron chi connectivity index (χ0n) is 6.15. The molecule has 11 heavy (non-hydrogen) atoms. The minimum atomic E-state index is -0.729. The molecule has 0 unspecified atom stereocenters. The smallest absolute Gasteiger partial charge is 0.317 e. The van der Waals surface area contributed by atoms with E-state index in [1.807, 2.05) is 28.4 Å². The Hall–Kier alpha value is 0.130. The molecule has 0 aromatic rings. The van der Waals surface area contributed by atoms with Crippen molar-refractivity contribution in [2.45, 2.75) is 0 Å². The normalized spacial score (nSPS) is 21.1. The van der Waals surface area contributed by atoms with Gasteiger partial charge >= 0.3 is 5.97 Å². The predicted molar refractivity (Wildman–Crippen MR) is 49.0 cm³/mol. The van der Waals surface area contributed by atoms with Gasteiger partial charge in [0.25, 0.3) is 0 Å². The number of hydrogen-bond donors (Lipinski definition) is 1. The van der Waals surface area contributed by atoms with Crippen molar-refractivity contribution in [3.05, 3.63) is 0 Å². The van der Waals surface area contributed by atoms with Crippen LogP contribution in [-0.2, 0) is 4.79 Å². The van der Waals surface area contributed by atoms with Crippen molar-refractivity contribution in [2.75, 3.05) is 29.8 Å². The van der Waals surface area contributed by atoms with Crippen molar-refractivity contribution in [2.24, 2.45) is 0 Å². The summed E-state index contributed by atoms with van der Waals surface area (Å²) in [4.78, 5) is 12.3. The highest BCUT2D eigenvalue weighted by Crippen LogP contribution is 2.16. The largest absolute Gasteiger partial charge is 0.480 e. The van der Waals surface area contributed by atoms with Gasteiger partial charge in [0, 0.05) is 23.3 Å². The molecule has 1 aliphatic heterocycles. The van der Waals surface area contributed by atoms with Crippen LogP contribution in [0.1, 0.15) is 0 Å². The van der Waals surface area contributed by atoms with Gasteiger partial charge in [-0.2, -0.15) is 0 Å². The molecular weight excluding hydrogens is 182 g/mol. The molecule has 0 spiro atoms. The number of aliphatic carboxylic acids is 1. The second-order valence-electron chi connectivity index (χ2n) is 2.30. The Bertz CT molecular complexity index is 135. The summed E-state index contributed by atoms with van der Waals surface area (Å²) in [7, 11) is 0. The van der Waals surface area contributed by atoms with Gasteiger partial charge in [-0.15, -0.1) is 23.5 Å². The average Bonchev–Trinajstić information content (AvgIpc) is 2.14. The third kappa shape index (κ3) is 3.88. The Morgan fingerprint density at radius 1 is 1.36 bits per heavy atom. The molecule has 0 radical (unpaired) electrons. The summed E-state index contributed by atoms with van der Waals surface area (Å²) in [6.45, 7) is 0.181. The highest BCUT2D eigenvalue weighted by molar-refractivity contribution is 8.03. The second-order valence-corrected chi connectivity index (χ2v) is 4.45. The van der Waals surface area contributed by atoms with Crippen molar-refractivity contribution in [3.8, 4) is 0 Å². The zero-order chi connectivity index (χ0) is 8.10. The lowest BCUT2D eigenvalue weighted by atomic mass is 10.6. The quantitative estimate of drug-likeness (QED) is 0.701. The van der Waals surface area contributed by atoms with Gasteiger partial charge in [-0.1, -0.05) is 0 Å². The van der Waals surface area contributed by atoms with E-state index in [1.165, 1.54) is 0 Å². The molecule has 0 saturated carbocycles. The predicted octanol–water partition coefficient (Wildman–Crippen LogP) is 0.768. The molecule has 1 rings (SSSR count). The summed E-state index contributed by atoms with van der Waals surface area (Å²) < 4.78 is 0. The molecule has 1 N–H and O–H groups in total. The van der Waals surface area contributed by atoms with Crippen LogP contribution in [0.3, 0.4) is 0 Å². The van der Waals surface area contributed by atoms with Crippen molar-refractivity contribution in [1.82, 2.24) is 4.90 Å². The summed E-state index contributed by atoms with van der Waals surface area (Å²) in [6.07, 6.45) is 0. The SMILES string of the molecule is O=C(O)CN1CSCCSC1. The van der Waals surface area contributed by atoms with E-state index in [4.69, 9.17) is 5.11 Å². The van der Waals surface area contributed by atoms with Crippen molar-refractivity contribution >= 4 is 29.5 Å². The molecule has 1 fully saturated rings. The van der Waals surface area contributed by atoms with Crippen LogP contribution in [0.25, 0.3) is 0 Å². The Morgan fingerprint density at radius 3 is 2.36 bits per heavy atom. The van der Waals surface area contributed by atoms with Gasteiger partial charge in [-0.25, -0.2) is 0 Å². The number of carboxylic acids is 1. The van der Waals surface area contributed by atoms with Gasteiger partial charge in [-0.05, 0) is 0 Å². The summed E-state index contributed by atoms with van der Waals surface area (Å²) >= 11 is 3.62. The van der Waals surface area contributed by atoms with Crippen molar-refractivity contribution in [3.63, 3.8) is 0 Å². The number of hydrogen-bond acceptors (Lipinski definition) is 4. The van der Waals surface area contributed by atoms with Gasteiger partial charge in [0.05, 0.1) is 6.54 Å². The highest BCUT2D eigenvalue weighted by Gasteiger charge is 2.11. The van der Waals surface area contributed by atoms with Crippen LogP contribution in [0.5, 0.6) is 0 Å². The molecule has 0 bridgehead atoms. The number of carbonyl (C=O) groups is 1. The van der Waals surface area contributed by atoms with Crippen LogP contribution in [0.4, 0.5) is 0 Å². The van der Waals surface area contributed by atoms with Crippen molar-refractivity contribution in [1.29, 1.82) is 0 Å². The number of carboxylic acid groups (broad SMARTS) is 1. The monoisotopic (exact) mass is 193 g/mol. The second kappa shape index (κ2) is 4.90. The summed E-state index contributed by atoms with van der Waals surface area (Å²) in [5.74, 6) is 3.27. The number of rotatable bonds is 2.